The number of nitrogens with zero attached hydrogens (tertiary/aromatic N) is 5. The summed E-state index contributed by atoms with van der Waals surface area (Å²) in [5.74, 6) is 1.56. The molecule has 0 spiro atoms. The highest BCUT2D eigenvalue weighted by Gasteiger charge is 2.12. The fraction of sp³-hybridized carbons (Fsp3) is 0.190. The van der Waals surface area contributed by atoms with Gasteiger partial charge in [0.2, 0.25) is 11.2 Å². The quantitative estimate of drug-likeness (QED) is 0.446. The monoisotopic (exact) mass is 428 g/mol. The maximum atomic E-state index is 5.92. The maximum Gasteiger partial charge on any atom is 0.224 e. The molecule has 0 saturated heterocycles. The molecule has 0 radical (unpaired) electrons. The van der Waals surface area contributed by atoms with Crippen molar-refractivity contribution in [2.75, 3.05) is 17.3 Å². The number of benzene rings is 2. The van der Waals surface area contributed by atoms with Gasteiger partial charge in [-0.15, -0.1) is 12.4 Å². The fourth-order valence-electron chi connectivity index (χ4n) is 3.09. The minimum atomic E-state index is 0. The van der Waals surface area contributed by atoms with Gasteiger partial charge in [0.15, 0.2) is 0 Å². The van der Waals surface area contributed by atoms with Crippen LogP contribution < -0.4 is 10.2 Å². The maximum absolute atomic E-state index is 5.92. The van der Waals surface area contributed by atoms with Crippen molar-refractivity contribution in [3.63, 3.8) is 0 Å². The van der Waals surface area contributed by atoms with Gasteiger partial charge in [-0.25, -0.2) is 15.0 Å². The van der Waals surface area contributed by atoms with Gasteiger partial charge in [-0.1, -0.05) is 29.8 Å². The number of nitrogens with one attached hydrogen (secondary N) is 1. The summed E-state index contributed by atoms with van der Waals surface area (Å²) >= 11 is 5.92. The molecule has 0 amide bonds. The third-order valence-corrected chi connectivity index (χ3v) is 4.96. The van der Waals surface area contributed by atoms with Crippen molar-refractivity contribution in [1.29, 1.82) is 0 Å². The number of rotatable bonds is 5. The minimum absolute atomic E-state index is 0. The van der Waals surface area contributed by atoms with E-state index in [1.807, 2.05) is 37.2 Å². The highest BCUT2D eigenvalue weighted by Crippen LogP contribution is 2.27. The van der Waals surface area contributed by atoms with Crippen LogP contribution in [0.3, 0.4) is 0 Å². The van der Waals surface area contributed by atoms with Gasteiger partial charge in [0.1, 0.15) is 5.82 Å². The van der Waals surface area contributed by atoms with E-state index in [9.17, 15) is 0 Å². The summed E-state index contributed by atoms with van der Waals surface area (Å²) in [5, 5.41) is 3.65. The van der Waals surface area contributed by atoms with Gasteiger partial charge in [0, 0.05) is 32.5 Å². The summed E-state index contributed by atoms with van der Waals surface area (Å²) < 4.78 is 2.06. The van der Waals surface area contributed by atoms with Crippen LogP contribution >= 0.6 is 24.0 Å². The lowest BCUT2D eigenvalue weighted by Gasteiger charge is -2.18. The van der Waals surface area contributed by atoms with Gasteiger partial charge >= 0.3 is 0 Å². The second-order valence-electron chi connectivity index (χ2n) is 6.75. The highest BCUT2D eigenvalue weighted by molar-refractivity contribution is 6.28. The molecule has 6 nitrogen and oxygen atoms in total. The van der Waals surface area contributed by atoms with Crippen LogP contribution in [0, 0.1) is 6.92 Å². The molecule has 2 heterocycles. The molecule has 4 rings (SSSR count). The molecule has 0 aliphatic rings. The van der Waals surface area contributed by atoms with Crippen LogP contribution in [0.15, 0.2) is 54.7 Å². The average molecular weight is 429 g/mol. The van der Waals surface area contributed by atoms with E-state index < -0.39 is 0 Å². The fourth-order valence-corrected chi connectivity index (χ4v) is 3.23. The Bertz CT molecular complexity index is 1120. The van der Waals surface area contributed by atoms with Crippen LogP contribution in [0.1, 0.15) is 11.1 Å². The SMILES string of the molecule is Cc1ccc(CNc2nc3cc(N(C)c4ccnc(Cl)n4)ccc3n2C)cc1.Cl. The zero-order valence-electron chi connectivity index (χ0n) is 16.4. The van der Waals surface area contributed by atoms with Crippen LogP contribution in [-0.2, 0) is 13.6 Å². The zero-order chi connectivity index (χ0) is 19.7. The number of halogens is 2. The molecule has 2 aromatic carbocycles. The molecule has 0 atom stereocenters. The molecular formula is C21H22Cl2N6. The van der Waals surface area contributed by atoms with Crippen LogP contribution in [0.4, 0.5) is 17.5 Å². The molecule has 8 heteroatoms. The predicted octanol–water partition coefficient (Wildman–Crippen LogP) is 5.13. The van der Waals surface area contributed by atoms with Gasteiger partial charge in [0.05, 0.1) is 11.0 Å². The Hall–Kier alpha value is -2.83. The van der Waals surface area contributed by atoms with Crippen molar-refractivity contribution in [2.45, 2.75) is 13.5 Å². The summed E-state index contributed by atoms with van der Waals surface area (Å²) in [6.45, 7) is 2.82. The second-order valence-corrected chi connectivity index (χ2v) is 7.09. The molecule has 2 aromatic heterocycles. The first-order valence-electron chi connectivity index (χ1n) is 8.99. The molecule has 150 valence electrons. The second kappa shape index (κ2) is 8.68. The number of imidazole rings is 1. The lowest BCUT2D eigenvalue weighted by Crippen LogP contribution is -2.11. The number of anilines is 3. The Morgan fingerprint density at radius 1 is 1.07 bits per heavy atom. The number of fused-ring (bicyclic) bond motifs is 1. The molecule has 29 heavy (non-hydrogen) atoms. The first kappa shape index (κ1) is 20.9. The lowest BCUT2D eigenvalue weighted by atomic mass is 10.1. The van der Waals surface area contributed by atoms with Crippen LogP contribution in [-0.4, -0.2) is 26.6 Å². The van der Waals surface area contributed by atoms with Crippen molar-refractivity contribution in [3.8, 4) is 0 Å². The van der Waals surface area contributed by atoms with Crippen molar-refractivity contribution < 1.29 is 0 Å². The summed E-state index contributed by atoms with van der Waals surface area (Å²) in [5.41, 5.74) is 5.43. The van der Waals surface area contributed by atoms with Gasteiger partial charge in [-0.3, -0.25) is 0 Å². The Balaban J connectivity index is 0.00000240. The summed E-state index contributed by atoms with van der Waals surface area (Å²) in [6.07, 6.45) is 1.65. The Morgan fingerprint density at radius 2 is 1.83 bits per heavy atom. The summed E-state index contributed by atoms with van der Waals surface area (Å²) in [6, 6.07) is 16.5. The van der Waals surface area contributed by atoms with Crippen molar-refractivity contribution in [1.82, 2.24) is 19.5 Å². The number of hydrogen-bond donors (Lipinski definition) is 1. The van der Waals surface area contributed by atoms with Gasteiger partial charge in [-0.05, 0) is 48.4 Å². The van der Waals surface area contributed by atoms with Crippen LogP contribution in [0.25, 0.3) is 11.0 Å². The van der Waals surface area contributed by atoms with Crippen molar-refractivity contribution in [3.05, 3.63) is 71.1 Å². The first-order chi connectivity index (χ1) is 13.5. The van der Waals surface area contributed by atoms with E-state index in [0.717, 1.165) is 35.0 Å². The summed E-state index contributed by atoms with van der Waals surface area (Å²) in [7, 11) is 3.96. The predicted molar refractivity (Wildman–Crippen MR) is 122 cm³/mol. The van der Waals surface area contributed by atoms with Gasteiger partial charge < -0.3 is 14.8 Å². The lowest BCUT2D eigenvalue weighted by molar-refractivity contribution is 0.927. The van der Waals surface area contributed by atoms with Crippen molar-refractivity contribution >= 4 is 52.5 Å². The average Bonchev–Trinajstić information content (AvgIpc) is 3.02. The molecule has 4 aromatic rings. The molecule has 0 fully saturated rings. The van der Waals surface area contributed by atoms with E-state index in [1.54, 1.807) is 6.20 Å². The number of aryl methyl sites for hydroxylation is 2. The third-order valence-electron chi connectivity index (χ3n) is 4.78. The minimum Gasteiger partial charge on any atom is -0.352 e. The van der Waals surface area contributed by atoms with E-state index >= 15 is 0 Å². The van der Waals surface area contributed by atoms with E-state index in [1.165, 1.54) is 11.1 Å². The van der Waals surface area contributed by atoms with Crippen molar-refractivity contribution in [2.24, 2.45) is 7.05 Å². The first-order valence-corrected chi connectivity index (χ1v) is 9.37. The van der Waals surface area contributed by atoms with E-state index in [-0.39, 0.29) is 17.7 Å². The normalized spacial score (nSPS) is 10.6. The topological polar surface area (TPSA) is 58.9 Å². The Kier molecular flexibility index (Phi) is 6.25. The van der Waals surface area contributed by atoms with E-state index in [2.05, 4.69) is 57.1 Å². The van der Waals surface area contributed by atoms with Gasteiger partial charge in [0.25, 0.3) is 0 Å². The Morgan fingerprint density at radius 3 is 2.55 bits per heavy atom. The molecular weight excluding hydrogens is 407 g/mol. The largest absolute Gasteiger partial charge is 0.352 e. The zero-order valence-corrected chi connectivity index (χ0v) is 18.0. The smallest absolute Gasteiger partial charge is 0.224 e. The van der Waals surface area contributed by atoms with Crippen LogP contribution in [0.2, 0.25) is 5.28 Å². The molecule has 1 N–H and O–H groups in total. The molecule has 0 aliphatic heterocycles. The van der Waals surface area contributed by atoms with E-state index in [0.29, 0.717) is 0 Å². The standard InChI is InChI=1S/C21H21ClN6.ClH/c1-14-4-6-15(7-5-14)13-24-21-25-17-12-16(8-9-18(17)28(21)3)27(2)19-10-11-23-20(22)26-19;/h4-12H,13H2,1-3H3,(H,24,25);1H. The Labute approximate surface area is 181 Å². The molecule has 0 bridgehead atoms. The highest BCUT2D eigenvalue weighted by atomic mass is 35.5. The van der Waals surface area contributed by atoms with E-state index in [4.69, 9.17) is 16.6 Å². The van der Waals surface area contributed by atoms with Crippen LogP contribution in [0.5, 0.6) is 0 Å². The summed E-state index contributed by atoms with van der Waals surface area (Å²) in [4.78, 5) is 14.9. The molecule has 0 unspecified atom stereocenters. The number of aromatic nitrogens is 4. The molecule has 0 aliphatic carbocycles. The molecule has 0 saturated carbocycles. The third kappa shape index (κ3) is 4.44. The van der Waals surface area contributed by atoms with Gasteiger partial charge in [-0.2, -0.15) is 0 Å². The number of hydrogen-bond acceptors (Lipinski definition) is 5.